The molecule has 56 valence electrons. The van der Waals surface area contributed by atoms with Crippen molar-refractivity contribution in [1.29, 1.82) is 5.26 Å². The highest BCUT2D eigenvalue weighted by Crippen LogP contribution is 2.20. The molecule has 0 aromatic carbocycles. The van der Waals surface area contributed by atoms with Gasteiger partial charge in [-0.2, -0.15) is 5.26 Å². The van der Waals surface area contributed by atoms with Crippen molar-refractivity contribution in [3.63, 3.8) is 0 Å². The fourth-order valence-electron chi connectivity index (χ4n) is 0.386. The van der Waals surface area contributed by atoms with Crippen LogP contribution in [0.15, 0.2) is 0 Å². The average Bonchev–Trinajstić information content (AvgIpc) is 1.89. The van der Waals surface area contributed by atoms with E-state index in [-0.39, 0.29) is 12.2 Å². The Bertz CT molecular complexity index is 169. The molecule has 0 atom stereocenters. The van der Waals surface area contributed by atoms with Crippen molar-refractivity contribution >= 4 is 21.7 Å². The summed E-state index contributed by atoms with van der Waals surface area (Å²) in [5, 5.41) is 8.82. The van der Waals surface area contributed by atoms with E-state index in [1.807, 2.05) is 19.9 Å². The normalized spacial score (nSPS) is 10.6. The Morgan fingerprint density at radius 2 is 2.20 bits per heavy atom. The number of Topliss-reactive ketones (excluding diaryl/α,β-unsaturated/α-hetero) is 1. The van der Waals surface area contributed by atoms with Crippen LogP contribution in [-0.4, -0.2) is 11.1 Å². The maximum atomic E-state index is 11.0. The third-order valence-electron chi connectivity index (χ3n) is 1.33. The van der Waals surface area contributed by atoms with Crippen LogP contribution in [0.25, 0.3) is 0 Å². The Balaban J connectivity index is 4.08. The molecule has 0 rings (SSSR count). The molecule has 0 spiro atoms. The van der Waals surface area contributed by atoms with E-state index in [9.17, 15) is 4.79 Å². The van der Waals surface area contributed by atoms with Crippen LogP contribution >= 0.6 is 15.9 Å². The number of rotatable bonds is 3. The molecular weight excluding hydrogens is 194 g/mol. The van der Waals surface area contributed by atoms with Crippen molar-refractivity contribution in [3.8, 4) is 6.07 Å². The molecule has 0 bridgehead atoms. The van der Waals surface area contributed by atoms with E-state index in [4.69, 9.17) is 5.26 Å². The van der Waals surface area contributed by atoms with Crippen LogP contribution in [0.3, 0.4) is 0 Å². The Kier molecular flexibility index (Phi) is 3.59. The molecule has 0 aromatic heterocycles. The van der Waals surface area contributed by atoms with Gasteiger partial charge in [0.2, 0.25) is 0 Å². The summed E-state index contributed by atoms with van der Waals surface area (Å²) in [7, 11) is 0. The molecular formula is C7H10BrNO. The topological polar surface area (TPSA) is 40.9 Å². The Morgan fingerprint density at radius 1 is 1.70 bits per heavy atom. The molecule has 0 unspecified atom stereocenters. The largest absolute Gasteiger partial charge is 0.298 e. The van der Waals surface area contributed by atoms with Gasteiger partial charge in [-0.3, -0.25) is 4.79 Å². The van der Waals surface area contributed by atoms with E-state index in [2.05, 4.69) is 15.9 Å². The summed E-state index contributed by atoms with van der Waals surface area (Å²) in [6.45, 7) is 3.64. The number of ketones is 1. The fraction of sp³-hybridized carbons (Fsp3) is 0.714. The lowest BCUT2D eigenvalue weighted by Gasteiger charge is -2.17. The van der Waals surface area contributed by atoms with Crippen molar-refractivity contribution in [2.75, 3.05) is 5.33 Å². The highest BCUT2D eigenvalue weighted by atomic mass is 79.9. The number of hydrogen-bond acceptors (Lipinski definition) is 2. The van der Waals surface area contributed by atoms with Gasteiger partial charge >= 0.3 is 0 Å². The highest BCUT2D eigenvalue weighted by Gasteiger charge is 2.24. The zero-order valence-electron chi connectivity index (χ0n) is 6.15. The van der Waals surface area contributed by atoms with E-state index in [1.165, 1.54) is 0 Å². The standard InChI is InChI=1S/C7H10BrNO/c1-7(2,5-8)6(10)3-4-9/h3,5H2,1-2H3. The molecule has 0 heterocycles. The maximum Gasteiger partial charge on any atom is 0.153 e. The maximum absolute atomic E-state index is 11.0. The molecule has 0 aliphatic carbocycles. The predicted octanol–water partition coefficient (Wildman–Crippen LogP) is 1.89. The lowest BCUT2D eigenvalue weighted by atomic mass is 9.89. The van der Waals surface area contributed by atoms with Crippen LogP contribution in [0.2, 0.25) is 0 Å². The van der Waals surface area contributed by atoms with Gasteiger partial charge in [-0.1, -0.05) is 29.8 Å². The first-order chi connectivity index (χ1) is 4.54. The van der Waals surface area contributed by atoms with E-state index < -0.39 is 5.41 Å². The van der Waals surface area contributed by atoms with Gasteiger partial charge < -0.3 is 0 Å². The molecule has 0 radical (unpaired) electrons. The minimum absolute atomic E-state index is 0.00752. The second-order valence-corrected chi connectivity index (χ2v) is 3.34. The SMILES string of the molecule is CC(C)(CBr)C(=O)CC#N. The summed E-state index contributed by atoms with van der Waals surface area (Å²) in [5.41, 5.74) is -0.393. The van der Waals surface area contributed by atoms with Crippen molar-refractivity contribution < 1.29 is 4.79 Å². The van der Waals surface area contributed by atoms with Crippen LogP contribution in [0.1, 0.15) is 20.3 Å². The number of carbonyl (C=O) groups is 1. The van der Waals surface area contributed by atoms with Gasteiger partial charge in [0.05, 0.1) is 12.5 Å². The van der Waals surface area contributed by atoms with E-state index >= 15 is 0 Å². The highest BCUT2D eigenvalue weighted by molar-refractivity contribution is 9.09. The van der Waals surface area contributed by atoms with Gasteiger partial charge in [-0.25, -0.2) is 0 Å². The molecule has 0 N–H and O–H groups in total. The third kappa shape index (κ3) is 2.49. The molecule has 2 nitrogen and oxygen atoms in total. The number of nitriles is 1. The molecule has 0 amide bonds. The quantitative estimate of drug-likeness (QED) is 0.658. The van der Waals surface area contributed by atoms with Crippen LogP contribution in [0.4, 0.5) is 0 Å². The zero-order chi connectivity index (χ0) is 8.20. The first-order valence-corrected chi connectivity index (χ1v) is 4.13. The zero-order valence-corrected chi connectivity index (χ0v) is 7.73. The van der Waals surface area contributed by atoms with Crippen molar-refractivity contribution in [1.82, 2.24) is 0 Å². The number of hydrogen-bond donors (Lipinski definition) is 0. The first kappa shape index (κ1) is 9.64. The minimum atomic E-state index is -0.393. The fourth-order valence-corrected chi connectivity index (χ4v) is 0.698. The Labute approximate surface area is 69.4 Å². The Morgan fingerprint density at radius 3 is 2.50 bits per heavy atom. The van der Waals surface area contributed by atoms with Crippen molar-refractivity contribution in [2.24, 2.45) is 5.41 Å². The molecule has 10 heavy (non-hydrogen) atoms. The predicted molar refractivity (Wildman–Crippen MR) is 42.8 cm³/mol. The second-order valence-electron chi connectivity index (χ2n) is 2.78. The number of halogens is 1. The number of nitrogens with zero attached hydrogens (tertiary/aromatic N) is 1. The third-order valence-corrected chi connectivity index (χ3v) is 2.73. The van der Waals surface area contributed by atoms with E-state index in [1.54, 1.807) is 0 Å². The molecule has 0 saturated carbocycles. The summed E-state index contributed by atoms with van der Waals surface area (Å²) in [6, 6.07) is 1.84. The van der Waals surface area contributed by atoms with E-state index in [0.717, 1.165) is 0 Å². The van der Waals surface area contributed by atoms with Crippen LogP contribution in [0.5, 0.6) is 0 Å². The monoisotopic (exact) mass is 203 g/mol. The van der Waals surface area contributed by atoms with Crippen molar-refractivity contribution in [2.45, 2.75) is 20.3 Å². The molecule has 0 saturated heterocycles. The Hall–Kier alpha value is -0.360. The van der Waals surface area contributed by atoms with E-state index in [0.29, 0.717) is 5.33 Å². The summed E-state index contributed by atoms with van der Waals surface area (Å²) in [5.74, 6) is -0.00752. The second kappa shape index (κ2) is 3.72. The lowest BCUT2D eigenvalue weighted by Crippen LogP contribution is -2.25. The van der Waals surface area contributed by atoms with Crippen LogP contribution in [0, 0.1) is 16.7 Å². The average molecular weight is 204 g/mol. The van der Waals surface area contributed by atoms with Gasteiger partial charge in [-0.15, -0.1) is 0 Å². The van der Waals surface area contributed by atoms with Gasteiger partial charge in [-0.05, 0) is 0 Å². The number of carbonyl (C=O) groups excluding carboxylic acids is 1. The molecule has 0 aliphatic rings. The smallest absolute Gasteiger partial charge is 0.153 e. The summed E-state index contributed by atoms with van der Waals surface area (Å²) < 4.78 is 0. The van der Waals surface area contributed by atoms with Crippen LogP contribution in [-0.2, 0) is 4.79 Å². The van der Waals surface area contributed by atoms with Crippen LogP contribution < -0.4 is 0 Å². The van der Waals surface area contributed by atoms with Gasteiger partial charge in [0, 0.05) is 10.7 Å². The minimum Gasteiger partial charge on any atom is -0.298 e. The molecule has 0 aliphatic heterocycles. The van der Waals surface area contributed by atoms with Crippen molar-refractivity contribution in [3.05, 3.63) is 0 Å². The summed E-state index contributed by atoms with van der Waals surface area (Å²) in [4.78, 5) is 11.0. The lowest BCUT2D eigenvalue weighted by molar-refractivity contribution is -0.124. The number of alkyl halides is 1. The molecule has 0 fully saturated rings. The van der Waals surface area contributed by atoms with Gasteiger partial charge in [0.25, 0.3) is 0 Å². The summed E-state index contributed by atoms with van der Waals surface area (Å²) >= 11 is 3.21. The molecule has 3 heteroatoms. The summed E-state index contributed by atoms with van der Waals surface area (Å²) in [6.07, 6.45) is 0.0125. The molecule has 0 aromatic rings. The van der Waals surface area contributed by atoms with Gasteiger partial charge in [0.15, 0.2) is 5.78 Å². The first-order valence-electron chi connectivity index (χ1n) is 3.01. The van der Waals surface area contributed by atoms with Gasteiger partial charge in [0.1, 0.15) is 0 Å².